The predicted molar refractivity (Wildman–Crippen MR) is 115 cm³/mol. The lowest BCUT2D eigenvalue weighted by Gasteiger charge is -2.33. The first kappa shape index (κ1) is 21.2. The van der Waals surface area contributed by atoms with Crippen molar-refractivity contribution in [1.82, 2.24) is 20.0 Å². The Balaban J connectivity index is 1.42. The minimum absolute atomic E-state index is 0.0238. The highest BCUT2D eigenvalue weighted by atomic mass is 16.5. The maximum Gasteiger partial charge on any atom is 0.317 e. The van der Waals surface area contributed by atoms with Crippen molar-refractivity contribution in [2.45, 2.75) is 60.1 Å². The average molecular weight is 399 g/mol. The highest BCUT2D eigenvalue weighted by molar-refractivity contribution is 5.74. The van der Waals surface area contributed by atoms with Crippen molar-refractivity contribution in [3.8, 4) is 5.75 Å². The smallest absolute Gasteiger partial charge is 0.317 e. The first-order valence-electron chi connectivity index (χ1n) is 10.6. The maximum atomic E-state index is 12.6. The van der Waals surface area contributed by atoms with E-state index in [2.05, 4.69) is 62.4 Å². The first-order chi connectivity index (χ1) is 13.8. The zero-order valence-corrected chi connectivity index (χ0v) is 18.4. The molecule has 1 aliphatic rings. The van der Waals surface area contributed by atoms with Crippen molar-refractivity contribution in [1.29, 1.82) is 0 Å². The lowest BCUT2D eigenvalue weighted by molar-refractivity contribution is 0.109. The number of carbonyl (C=O) groups is 1. The number of ether oxygens (including phenoxy) is 1. The van der Waals surface area contributed by atoms with Gasteiger partial charge in [-0.2, -0.15) is 5.10 Å². The quantitative estimate of drug-likeness (QED) is 0.800. The Morgan fingerprint density at radius 1 is 1.21 bits per heavy atom. The normalized spacial score (nSPS) is 16.0. The van der Waals surface area contributed by atoms with Gasteiger partial charge in [-0.25, -0.2) is 4.79 Å². The largest absolute Gasteiger partial charge is 0.490 e. The molecule has 0 aliphatic carbocycles. The van der Waals surface area contributed by atoms with E-state index in [0.29, 0.717) is 12.5 Å². The van der Waals surface area contributed by atoms with Gasteiger partial charge >= 0.3 is 6.03 Å². The molecule has 2 heterocycles. The summed E-state index contributed by atoms with van der Waals surface area (Å²) >= 11 is 0. The molecule has 2 amide bonds. The minimum atomic E-state index is 0.0238. The van der Waals surface area contributed by atoms with Crippen LogP contribution in [-0.2, 0) is 6.54 Å². The van der Waals surface area contributed by atoms with Gasteiger partial charge in [-0.1, -0.05) is 25.1 Å². The lowest BCUT2D eigenvalue weighted by Crippen LogP contribution is -2.47. The Labute approximate surface area is 174 Å². The van der Waals surface area contributed by atoms with E-state index in [1.54, 1.807) is 0 Å². The van der Waals surface area contributed by atoms with Crippen LogP contribution in [0.2, 0.25) is 0 Å². The van der Waals surface area contributed by atoms with Crippen molar-refractivity contribution in [3.63, 3.8) is 0 Å². The first-order valence-corrected chi connectivity index (χ1v) is 10.6. The zero-order chi connectivity index (χ0) is 21.0. The predicted octanol–water partition coefficient (Wildman–Crippen LogP) is 4.01. The molecule has 1 fully saturated rings. The van der Waals surface area contributed by atoms with Gasteiger partial charge in [-0.05, 0) is 50.8 Å². The summed E-state index contributed by atoms with van der Waals surface area (Å²) in [7, 11) is 0. The van der Waals surface area contributed by atoms with Gasteiger partial charge in [0.05, 0.1) is 5.69 Å². The molecule has 1 aromatic heterocycles. The van der Waals surface area contributed by atoms with Gasteiger partial charge in [-0.3, -0.25) is 4.68 Å². The number of rotatable bonds is 6. The van der Waals surface area contributed by atoms with Gasteiger partial charge in [0, 0.05) is 44.7 Å². The third kappa shape index (κ3) is 5.52. The molecule has 1 atom stereocenters. The summed E-state index contributed by atoms with van der Waals surface area (Å²) in [5.41, 5.74) is 4.53. The molecule has 6 heteroatoms. The molecule has 1 aromatic carbocycles. The fourth-order valence-electron chi connectivity index (χ4n) is 3.92. The molecule has 0 bridgehead atoms. The monoisotopic (exact) mass is 398 g/mol. The van der Waals surface area contributed by atoms with Crippen LogP contribution in [0.4, 0.5) is 4.79 Å². The Bertz CT molecular complexity index is 817. The number of hydrogen-bond donors (Lipinski definition) is 1. The number of amides is 2. The molecule has 1 N–H and O–H groups in total. The molecule has 158 valence electrons. The molecule has 0 radical (unpaired) electrons. The highest BCUT2D eigenvalue weighted by Crippen LogP contribution is 2.26. The van der Waals surface area contributed by atoms with Crippen LogP contribution in [0.15, 0.2) is 24.3 Å². The number of urea groups is 1. The van der Waals surface area contributed by atoms with Crippen molar-refractivity contribution in [2.75, 3.05) is 19.6 Å². The van der Waals surface area contributed by atoms with Crippen molar-refractivity contribution in [2.24, 2.45) is 5.92 Å². The molecule has 1 unspecified atom stereocenters. The van der Waals surface area contributed by atoms with Crippen LogP contribution in [0.5, 0.6) is 5.75 Å². The molecular weight excluding hydrogens is 364 g/mol. The number of aryl methyl sites for hydroxylation is 4. The second-order valence-electron chi connectivity index (χ2n) is 8.43. The Kier molecular flexibility index (Phi) is 6.83. The van der Waals surface area contributed by atoms with Crippen LogP contribution in [0.1, 0.15) is 42.3 Å². The Morgan fingerprint density at radius 2 is 1.86 bits per heavy atom. The van der Waals surface area contributed by atoms with Crippen LogP contribution in [0, 0.1) is 33.6 Å². The molecule has 3 rings (SSSR count). The fraction of sp³-hybridized carbons (Fsp3) is 0.565. The molecule has 1 saturated heterocycles. The zero-order valence-electron chi connectivity index (χ0n) is 18.4. The van der Waals surface area contributed by atoms with E-state index in [1.807, 2.05) is 16.5 Å². The standard InChI is InChI=1S/C23H34N4O2/c1-16(15-27-20(5)13-19(4)25-27)14-24-23(28)26-11-9-21(10-12-26)29-22-17(2)7-6-8-18(22)3/h6-8,13,16,21H,9-12,14-15H2,1-5H3,(H,24,28). The summed E-state index contributed by atoms with van der Waals surface area (Å²) in [6, 6.07) is 8.32. The molecule has 0 saturated carbocycles. The van der Waals surface area contributed by atoms with Gasteiger partial charge in [0.15, 0.2) is 0 Å². The molecule has 0 spiro atoms. The number of piperidine rings is 1. The second kappa shape index (κ2) is 9.33. The van der Waals surface area contributed by atoms with E-state index in [0.717, 1.165) is 49.6 Å². The van der Waals surface area contributed by atoms with Crippen LogP contribution >= 0.6 is 0 Å². The van der Waals surface area contributed by atoms with E-state index < -0.39 is 0 Å². The molecule has 1 aliphatic heterocycles. The number of benzene rings is 1. The van der Waals surface area contributed by atoms with Crippen molar-refractivity contribution in [3.05, 3.63) is 46.8 Å². The Morgan fingerprint density at radius 3 is 2.45 bits per heavy atom. The van der Waals surface area contributed by atoms with E-state index >= 15 is 0 Å². The topological polar surface area (TPSA) is 59.4 Å². The number of likely N-dealkylation sites (tertiary alicyclic amines) is 1. The van der Waals surface area contributed by atoms with Gasteiger partial charge in [-0.15, -0.1) is 0 Å². The summed E-state index contributed by atoms with van der Waals surface area (Å²) in [5, 5.41) is 7.59. The van der Waals surface area contributed by atoms with Gasteiger partial charge < -0.3 is 15.0 Å². The fourth-order valence-corrected chi connectivity index (χ4v) is 3.92. The van der Waals surface area contributed by atoms with Crippen LogP contribution in [-0.4, -0.2) is 46.4 Å². The van der Waals surface area contributed by atoms with Crippen LogP contribution < -0.4 is 10.1 Å². The second-order valence-corrected chi connectivity index (χ2v) is 8.43. The number of nitrogens with zero attached hydrogens (tertiary/aromatic N) is 3. The van der Waals surface area contributed by atoms with E-state index in [9.17, 15) is 4.79 Å². The van der Waals surface area contributed by atoms with Crippen LogP contribution in [0.25, 0.3) is 0 Å². The van der Waals surface area contributed by atoms with Gasteiger partial charge in [0.1, 0.15) is 11.9 Å². The third-order valence-electron chi connectivity index (χ3n) is 5.61. The number of nitrogens with one attached hydrogen (secondary N) is 1. The van der Waals surface area contributed by atoms with Crippen molar-refractivity contribution < 1.29 is 9.53 Å². The minimum Gasteiger partial charge on any atom is -0.490 e. The molecule has 29 heavy (non-hydrogen) atoms. The van der Waals surface area contributed by atoms with E-state index in [-0.39, 0.29) is 12.1 Å². The summed E-state index contributed by atoms with van der Waals surface area (Å²) < 4.78 is 8.27. The summed E-state index contributed by atoms with van der Waals surface area (Å²) in [5.74, 6) is 1.32. The molecular formula is C23H34N4O2. The number of aromatic nitrogens is 2. The summed E-state index contributed by atoms with van der Waals surface area (Å²) in [6.07, 6.45) is 1.90. The third-order valence-corrected chi connectivity index (χ3v) is 5.61. The number of para-hydroxylation sites is 1. The number of hydrogen-bond acceptors (Lipinski definition) is 3. The average Bonchev–Trinajstić information content (AvgIpc) is 3.00. The highest BCUT2D eigenvalue weighted by Gasteiger charge is 2.24. The summed E-state index contributed by atoms with van der Waals surface area (Å²) in [6.45, 7) is 13.3. The maximum absolute atomic E-state index is 12.6. The SMILES string of the molecule is Cc1cc(C)n(CC(C)CNC(=O)N2CCC(Oc3c(C)cccc3C)CC2)n1. The summed E-state index contributed by atoms with van der Waals surface area (Å²) in [4.78, 5) is 14.5. The number of carbonyl (C=O) groups excluding carboxylic acids is 1. The van der Waals surface area contributed by atoms with Gasteiger partial charge in [0.25, 0.3) is 0 Å². The van der Waals surface area contributed by atoms with Crippen molar-refractivity contribution >= 4 is 6.03 Å². The van der Waals surface area contributed by atoms with E-state index in [1.165, 1.54) is 11.1 Å². The lowest BCUT2D eigenvalue weighted by atomic mass is 10.1. The van der Waals surface area contributed by atoms with Gasteiger partial charge in [0.2, 0.25) is 0 Å². The molecule has 2 aromatic rings. The van der Waals surface area contributed by atoms with Crippen LogP contribution in [0.3, 0.4) is 0 Å². The van der Waals surface area contributed by atoms with E-state index in [4.69, 9.17) is 4.74 Å². The molecule has 6 nitrogen and oxygen atoms in total. The Hall–Kier alpha value is -2.50.